The summed E-state index contributed by atoms with van der Waals surface area (Å²) in [6.45, 7) is 1.00. The zero-order valence-corrected chi connectivity index (χ0v) is 45.6. The Morgan fingerprint density at radius 2 is 1.30 bits per heavy atom. The van der Waals surface area contributed by atoms with E-state index < -0.39 is 57.8 Å². The first-order chi connectivity index (χ1) is 37.7. The summed E-state index contributed by atoms with van der Waals surface area (Å²) in [6, 6.07) is 12.2. The molecule has 0 atom stereocenters. The molecule has 6 heterocycles. The van der Waals surface area contributed by atoms with Crippen LogP contribution in [-0.2, 0) is 65.6 Å². The van der Waals surface area contributed by atoms with Crippen LogP contribution in [0.25, 0.3) is 33.6 Å². The lowest BCUT2D eigenvalue weighted by Crippen LogP contribution is -2.32. The second-order valence-corrected chi connectivity index (χ2v) is 23.2. The van der Waals surface area contributed by atoms with Crippen molar-refractivity contribution < 1.29 is 86.4 Å². The van der Waals surface area contributed by atoms with E-state index in [0.717, 1.165) is 37.1 Å². The summed E-state index contributed by atoms with van der Waals surface area (Å²) >= 11 is 0. The molecule has 9 rings (SSSR count). The number of unbranched alkanes of at least 4 members (excludes halogenated alkanes) is 2. The number of imide groups is 1. The Balaban J connectivity index is 1.01. The Bertz CT molecular complexity index is 3330. The number of rotatable bonds is 11. The fourth-order valence-corrected chi connectivity index (χ4v) is 10.8. The zero-order chi connectivity index (χ0) is 56.6. The van der Waals surface area contributed by atoms with Crippen LogP contribution in [0.5, 0.6) is 17.2 Å². The third-order valence-electron chi connectivity index (χ3n) is 12.6. The molecular formula is C52H62N6O18S3. The Labute approximate surface area is 457 Å². The first kappa shape index (κ1) is 59.6. The van der Waals surface area contributed by atoms with Crippen molar-refractivity contribution >= 4 is 70.6 Å². The van der Waals surface area contributed by atoms with Gasteiger partial charge in [0.1, 0.15) is 38.8 Å². The fraction of sp³-hybridized carbons (Fsp3) is 0.442. The minimum Gasteiger partial charge on any atom is -0.744 e. The van der Waals surface area contributed by atoms with Crippen molar-refractivity contribution in [3.63, 3.8) is 0 Å². The maximum absolute atomic E-state index is 13.9. The number of nitrogens with zero attached hydrogens (tertiary/aromatic N) is 3. The van der Waals surface area contributed by atoms with E-state index in [0.29, 0.717) is 79.3 Å². The number of oxazole rings is 1. The van der Waals surface area contributed by atoms with Crippen molar-refractivity contribution in [3.8, 4) is 40.0 Å². The Morgan fingerprint density at radius 3 is 1.95 bits per heavy atom. The molecule has 4 amide bonds. The average molecular weight is 1160 g/mol. The van der Waals surface area contributed by atoms with Gasteiger partial charge >= 0.3 is 5.97 Å². The molecule has 6 bridgehead atoms. The van der Waals surface area contributed by atoms with Gasteiger partial charge in [-0.25, -0.2) is 35.9 Å². The highest BCUT2D eigenvalue weighted by Crippen LogP contribution is 2.39. The predicted octanol–water partition coefficient (Wildman–Crippen LogP) is 5.03. The van der Waals surface area contributed by atoms with Crippen molar-refractivity contribution in [3.05, 3.63) is 73.2 Å². The van der Waals surface area contributed by atoms with Crippen LogP contribution in [0.4, 0.5) is 0 Å². The first-order valence-corrected chi connectivity index (χ1v) is 30.2. The van der Waals surface area contributed by atoms with Crippen LogP contribution >= 0.6 is 0 Å². The quantitative estimate of drug-likeness (QED) is 0.0583. The van der Waals surface area contributed by atoms with Gasteiger partial charge in [0.25, 0.3) is 21.9 Å². The van der Waals surface area contributed by atoms with Gasteiger partial charge < -0.3 is 38.7 Å². The van der Waals surface area contributed by atoms with Gasteiger partial charge in [0, 0.05) is 87.5 Å². The van der Waals surface area contributed by atoms with Crippen LogP contribution in [0.15, 0.2) is 92.3 Å². The van der Waals surface area contributed by atoms with E-state index >= 15 is 0 Å². The monoisotopic (exact) mass is 1150 g/mol. The molecule has 1 saturated heterocycles. The molecule has 0 spiro atoms. The molecule has 79 heavy (non-hydrogen) atoms. The van der Waals surface area contributed by atoms with Crippen molar-refractivity contribution in [2.24, 2.45) is 0 Å². The van der Waals surface area contributed by atoms with Gasteiger partial charge in [0.2, 0.25) is 27.7 Å². The minimum atomic E-state index is -5.08. The molecule has 426 valence electrons. The molecule has 5 aromatic rings. The number of pyridine rings is 1. The molecule has 27 heteroatoms. The number of fused-ring (bicyclic) bond motifs is 2. The van der Waals surface area contributed by atoms with Crippen molar-refractivity contribution in [2.45, 2.75) is 124 Å². The Kier molecular flexibility index (Phi) is 20.9. The molecule has 3 aromatic carbocycles. The largest absolute Gasteiger partial charge is 0.744 e. The molecule has 2 aromatic heterocycles. The number of ether oxygens (including phenoxy) is 3. The van der Waals surface area contributed by atoms with Crippen LogP contribution in [0, 0.1) is 0 Å². The van der Waals surface area contributed by atoms with Gasteiger partial charge in [-0.15, -0.1) is 5.06 Å². The molecule has 4 aliphatic heterocycles. The number of hydrogen-bond acceptors (Lipinski definition) is 18. The molecule has 4 N–H and O–H groups in total. The van der Waals surface area contributed by atoms with E-state index in [9.17, 15) is 58.3 Å². The number of aromatic nitrogens is 2. The number of benzene rings is 3. The number of carbonyl (C=O) groups excluding carboxylic acids is 5. The van der Waals surface area contributed by atoms with E-state index in [1.807, 2.05) is 29.1 Å². The molecule has 0 aliphatic carbocycles. The van der Waals surface area contributed by atoms with E-state index in [-0.39, 0.29) is 129 Å². The number of hydrogen-bond donors (Lipinski definition) is 4. The van der Waals surface area contributed by atoms with Gasteiger partial charge in [-0.05, 0) is 99.6 Å². The maximum Gasteiger partial charge on any atom is 0.333 e. The number of carbonyl (C=O) groups is 5. The number of nitrogens with one attached hydrogen (secondary N) is 3. The highest BCUT2D eigenvalue weighted by atomic mass is 32.2. The number of aryl methyl sites for hydroxylation is 1. The minimum absolute atomic E-state index is 0.00974. The standard InChI is InChI=1S/C52H62N6O18S3/c59-46-12-4-2-8-24-57-25-19-36(20-26-57)52-55-35-44(75-52)37-15-16-41(45(32-37)77(64,65)56-23-7-1-6-14-50(63)76-58-48(61)17-18-49(58)62)72-27-9-3-5-13-47(60)54-22-11-29-74-43-34-40(79(69,70)71)31-38-30-39(78(66,67)68)33-42(51(38)43)73-28-10-21-53-46/h15-16,19-20,25-26,30-35,56H,1-14,17-18,21-24,27-29H2,(H3-,53,54,59,60,66,67,68,69,70,71). The molecule has 24 nitrogen and oxygen atoms in total. The number of sulfonamides is 1. The smallest absolute Gasteiger partial charge is 0.333 e. The van der Waals surface area contributed by atoms with Gasteiger partial charge in [-0.2, -0.15) is 8.42 Å². The maximum atomic E-state index is 13.9. The third kappa shape index (κ3) is 17.5. The van der Waals surface area contributed by atoms with Crippen LogP contribution in [-0.4, -0.2) is 113 Å². The lowest BCUT2D eigenvalue weighted by atomic mass is 10.1. The van der Waals surface area contributed by atoms with Gasteiger partial charge in [-0.1, -0.05) is 6.42 Å². The van der Waals surface area contributed by atoms with Crippen molar-refractivity contribution in [1.82, 2.24) is 25.4 Å². The Hall–Kier alpha value is -7.04. The molecule has 0 unspecified atom stereocenters. The highest BCUT2D eigenvalue weighted by molar-refractivity contribution is 7.89. The van der Waals surface area contributed by atoms with Crippen LogP contribution in [0.1, 0.15) is 103 Å². The predicted molar refractivity (Wildman–Crippen MR) is 279 cm³/mol. The summed E-state index contributed by atoms with van der Waals surface area (Å²) < 4.78 is 127. The third-order valence-corrected chi connectivity index (χ3v) is 15.8. The summed E-state index contributed by atoms with van der Waals surface area (Å²) in [7, 11) is -14.1. The number of amides is 4. The zero-order valence-electron chi connectivity index (χ0n) is 43.1. The van der Waals surface area contributed by atoms with Gasteiger partial charge in [-0.3, -0.25) is 23.7 Å². The van der Waals surface area contributed by atoms with Crippen LogP contribution in [0.2, 0.25) is 0 Å². The van der Waals surface area contributed by atoms with Gasteiger partial charge in [0.15, 0.2) is 18.2 Å². The highest BCUT2D eigenvalue weighted by Gasteiger charge is 2.33. The summed E-state index contributed by atoms with van der Waals surface area (Å²) in [6.07, 6.45) is 10.7. The second-order valence-electron chi connectivity index (χ2n) is 18.7. The van der Waals surface area contributed by atoms with Crippen LogP contribution < -0.4 is 34.1 Å². The van der Waals surface area contributed by atoms with Crippen molar-refractivity contribution in [2.75, 3.05) is 39.5 Å². The summed E-state index contributed by atoms with van der Waals surface area (Å²) in [5.74, 6) is -1.93. The van der Waals surface area contributed by atoms with Crippen molar-refractivity contribution in [1.29, 1.82) is 0 Å². The molecule has 0 saturated carbocycles. The van der Waals surface area contributed by atoms with E-state index in [1.165, 1.54) is 18.3 Å². The van der Waals surface area contributed by atoms with E-state index in [2.05, 4.69) is 20.3 Å². The molecular weight excluding hydrogens is 1090 g/mol. The normalized spacial score (nSPS) is 16.6. The fourth-order valence-electron chi connectivity index (χ4n) is 8.49. The molecule has 0 radical (unpaired) electrons. The SMILES string of the molecule is O=C1CCCCCOc2ccc(cc2S(=O)(=O)NCCCCCC(=O)ON2C(=O)CCC2=O)-c2cnc(o2)-c2cc[n+](cc2)CCCCCC(=O)NCCCOc2cc(S(=O)(=O)O)cc3cc(S(=O)(=O)[O-])cc(c23)OCCCN1. The Morgan fingerprint density at radius 1 is 0.696 bits per heavy atom. The molecule has 1 fully saturated rings. The lowest BCUT2D eigenvalue weighted by molar-refractivity contribution is -0.697. The van der Waals surface area contributed by atoms with E-state index in [1.54, 1.807) is 6.07 Å². The number of hydroxylamine groups is 2. The topological polar surface area (TPSA) is 337 Å². The second kappa shape index (κ2) is 27.7. The molecule has 4 aliphatic rings. The lowest BCUT2D eigenvalue weighted by Gasteiger charge is -2.18. The summed E-state index contributed by atoms with van der Waals surface area (Å²) in [5.41, 5.74) is 1.08. The summed E-state index contributed by atoms with van der Waals surface area (Å²) in [4.78, 5) is 69.1. The van der Waals surface area contributed by atoms with E-state index in [4.69, 9.17) is 23.5 Å². The van der Waals surface area contributed by atoms with Gasteiger partial charge in [0.05, 0.1) is 41.2 Å². The first-order valence-electron chi connectivity index (χ1n) is 25.9. The average Bonchev–Trinajstić information content (AvgIpc) is 4.07. The van der Waals surface area contributed by atoms with Crippen LogP contribution in [0.3, 0.4) is 0 Å². The summed E-state index contributed by atoms with van der Waals surface area (Å²) in [5, 5.41) is 6.13.